The average molecular weight is 365 g/mol. The third-order valence-electron chi connectivity index (χ3n) is 1.99. The summed E-state index contributed by atoms with van der Waals surface area (Å²) in [4.78, 5) is 11.7. The zero-order valence-corrected chi connectivity index (χ0v) is 14.7. The summed E-state index contributed by atoms with van der Waals surface area (Å²) in [5, 5.41) is 0. The van der Waals surface area contributed by atoms with Gasteiger partial charge < -0.3 is 9.42 Å². The molecule has 0 rings (SSSR count). The van der Waals surface area contributed by atoms with E-state index in [0.29, 0.717) is 6.61 Å². The van der Waals surface area contributed by atoms with Crippen molar-refractivity contribution in [3.63, 3.8) is 0 Å². The predicted molar refractivity (Wildman–Crippen MR) is 71.7 cm³/mol. The molecule has 98 valence electrons. The molecule has 0 spiro atoms. The molecule has 2 nitrogen and oxygen atoms in total. The van der Waals surface area contributed by atoms with Gasteiger partial charge in [0.2, 0.25) is 0 Å². The molecule has 0 heterocycles. The summed E-state index contributed by atoms with van der Waals surface area (Å²) < 4.78 is 5.25. The third kappa shape index (κ3) is 13.7. The Kier molecular flexibility index (Phi) is 16.3. The van der Waals surface area contributed by atoms with Crippen LogP contribution in [0.2, 0.25) is 0 Å². The van der Waals surface area contributed by atoms with E-state index in [1.165, 1.54) is 24.2 Å². The van der Waals surface area contributed by atoms with Gasteiger partial charge in [-0.15, -0.1) is 11.4 Å². The third-order valence-corrected chi connectivity index (χ3v) is 6.36. The van der Waals surface area contributed by atoms with Crippen LogP contribution in [0.5, 0.6) is 0 Å². The summed E-state index contributed by atoms with van der Waals surface area (Å²) in [7, 11) is 0. The van der Waals surface area contributed by atoms with Crippen molar-refractivity contribution in [1.82, 2.24) is 0 Å². The molecule has 0 saturated heterocycles. The van der Waals surface area contributed by atoms with Crippen molar-refractivity contribution in [3.8, 4) is 0 Å². The summed E-state index contributed by atoms with van der Waals surface area (Å²) in [6.45, 7) is 4.83. The van der Waals surface area contributed by atoms with E-state index in [1.54, 1.807) is 0 Å². The zero-order valence-electron chi connectivity index (χ0n) is 10.1. The quantitative estimate of drug-likeness (QED) is 0.336. The van der Waals surface area contributed by atoms with E-state index >= 15 is 0 Å². The van der Waals surface area contributed by atoms with E-state index in [9.17, 15) is 4.89 Å². The molecule has 1 unspecified atom stereocenters. The second kappa shape index (κ2) is 13.0. The van der Waals surface area contributed by atoms with Gasteiger partial charge in [-0.1, -0.05) is 51.3 Å². The molecule has 1 atom stereocenters. The van der Waals surface area contributed by atoms with Gasteiger partial charge in [0.25, 0.3) is 0 Å². The van der Waals surface area contributed by atoms with Crippen LogP contribution in [0.1, 0.15) is 52.4 Å². The molecule has 0 aromatic rings. The minimum Gasteiger partial charge on any atom is -0.793 e. The van der Waals surface area contributed by atoms with E-state index in [0.717, 1.165) is 31.4 Å². The molecule has 0 aliphatic rings. The Morgan fingerprint density at radius 3 is 2.25 bits per heavy atom. The number of hydrogen-bond donors (Lipinski definition) is 0. The van der Waals surface area contributed by atoms with Crippen LogP contribution in [0.15, 0.2) is 0 Å². The van der Waals surface area contributed by atoms with Crippen LogP contribution in [-0.2, 0) is 37.4 Å². The molecular weight excluding hydrogens is 343 g/mol. The van der Waals surface area contributed by atoms with Crippen molar-refractivity contribution < 1.29 is 30.5 Å². The van der Waals surface area contributed by atoms with Gasteiger partial charge >= 0.3 is 0 Å². The van der Waals surface area contributed by atoms with Gasteiger partial charge in [0, 0.05) is 26.8 Å². The van der Waals surface area contributed by atoms with E-state index in [4.69, 9.17) is 16.3 Å². The monoisotopic (exact) mass is 367 g/mol. The van der Waals surface area contributed by atoms with Crippen molar-refractivity contribution in [2.24, 2.45) is 0 Å². The molecule has 0 saturated carbocycles. The molecule has 0 amide bonds. The van der Waals surface area contributed by atoms with Gasteiger partial charge in [-0.3, -0.25) is 0 Å². The smallest absolute Gasteiger partial charge is 0.0513 e. The van der Waals surface area contributed by atoms with Gasteiger partial charge in [0.1, 0.15) is 0 Å². The summed E-state index contributed by atoms with van der Waals surface area (Å²) in [5.74, 6) is 0.863. The van der Waals surface area contributed by atoms with Crippen LogP contribution in [0.25, 0.3) is 0 Å². The van der Waals surface area contributed by atoms with Gasteiger partial charge in [0.05, 0.1) is 6.61 Å². The van der Waals surface area contributed by atoms with Crippen molar-refractivity contribution in [2.45, 2.75) is 52.4 Å². The van der Waals surface area contributed by atoms with Gasteiger partial charge in [-0.25, -0.2) is 0 Å². The van der Waals surface area contributed by atoms with Crippen LogP contribution in [0.4, 0.5) is 0 Å². The van der Waals surface area contributed by atoms with Crippen LogP contribution >= 0.6 is 17.1 Å². The number of rotatable bonds is 10. The zero-order chi connectivity index (χ0) is 11.6. The number of unbranched alkanes of at least 4 members (excludes halogenated alkanes) is 4. The standard InChI is InChI=1S/C10H23O2PS2.Mo/c1-3-5-7-9-12-13(11,14)15-10-8-6-4-2;/h3-10H2,1-2H3,(H,11,14);/p-1. The molecule has 0 radical (unpaired) electrons. The second-order valence-corrected chi connectivity index (χ2v) is 9.70. The Hall–Kier alpha value is 1.61. The summed E-state index contributed by atoms with van der Waals surface area (Å²) in [5.41, 5.74) is -2.77. The fraction of sp³-hybridized carbons (Fsp3) is 1.00. The molecule has 0 bridgehead atoms. The Morgan fingerprint density at radius 2 is 1.69 bits per heavy atom. The maximum atomic E-state index is 11.7. The van der Waals surface area contributed by atoms with Gasteiger partial charge in [-0.2, -0.15) is 0 Å². The van der Waals surface area contributed by atoms with E-state index in [2.05, 4.69) is 13.8 Å². The fourth-order valence-corrected chi connectivity index (χ4v) is 4.48. The van der Waals surface area contributed by atoms with Gasteiger partial charge in [-0.05, 0) is 18.6 Å². The second-order valence-electron chi connectivity index (χ2n) is 3.53. The molecule has 6 heteroatoms. The molecule has 0 aliphatic heterocycles. The Balaban J connectivity index is 0. The minimum atomic E-state index is -2.77. The average Bonchev–Trinajstić information content (AvgIpc) is 2.20. The molecule has 0 aliphatic carbocycles. The van der Waals surface area contributed by atoms with E-state index in [-0.39, 0.29) is 21.1 Å². The van der Waals surface area contributed by atoms with E-state index < -0.39 is 5.69 Å². The molecule has 0 aromatic carbocycles. The topological polar surface area (TPSA) is 32.3 Å². The van der Waals surface area contributed by atoms with Gasteiger partial charge in [0.15, 0.2) is 0 Å². The Morgan fingerprint density at radius 1 is 1.12 bits per heavy atom. The first-order valence-corrected chi connectivity index (χ1v) is 9.95. The van der Waals surface area contributed by atoms with Crippen LogP contribution in [0, 0.1) is 0 Å². The van der Waals surface area contributed by atoms with Crippen molar-refractivity contribution in [1.29, 1.82) is 0 Å². The van der Waals surface area contributed by atoms with Crippen LogP contribution < -0.4 is 4.89 Å². The Bertz CT molecular complexity index is 178. The first-order valence-electron chi connectivity index (χ1n) is 5.72. The molecule has 0 fully saturated rings. The first-order chi connectivity index (χ1) is 7.12. The normalized spacial score (nSPS) is 14.2. The predicted octanol–water partition coefficient (Wildman–Crippen LogP) is 3.70. The largest absolute Gasteiger partial charge is 0.793 e. The van der Waals surface area contributed by atoms with Crippen LogP contribution in [-0.4, -0.2) is 12.4 Å². The first kappa shape index (κ1) is 19.9. The maximum Gasteiger partial charge on any atom is 0.0513 e. The molecule has 16 heavy (non-hydrogen) atoms. The summed E-state index contributed by atoms with van der Waals surface area (Å²) >= 11 is 6.26. The van der Waals surface area contributed by atoms with Crippen molar-refractivity contribution >= 4 is 28.9 Å². The molecule has 0 aromatic heterocycles. The molecule has 0 N–H and O–H groups in total. The summed E-state index contributed by atoms with van der Waals surface area (Å²) in [6, 6.07) is 0. The minimum absolute atomic E-state index is 0. The summed E-state index contributed by atoms with van der Waals surface area (Å²) in [6.07, 6.45) is 6.68. The number of hydrogen-bond acceptors (Lipinski definition) is 4. The van der Waals surface area contributed by atoms with Crippen LogP contribution in [0.3, 0.4) is 0 Å². The molecular formula is C10H22MoO2PS2-. The fourth-order valence-electron chi connectivity index (χ4n) is 1.09. The van der Waals surface area contributed by atoms with E-state index in [1.807, 2.05) is 0 Å². The van der Waals surface area contributed by atoms with Crippen molar-refractivity contribution in [2.75, 3.05) is 12.4 Å². The Labute approximate surface area is 123 Å². The SMILES string of the molecule is CCCCCOP([O-])(=S)SCCCCC.[Mo]. The van der Waals surface area contributed by atoms with Crippen molar-refractivity contribution in [3.05, 3.63) is 0 Å². The maximum absolute atomic E-state index is 11.7.